The summed E-state index contributed by atoms with van der Waals surface area (Å²) in [5, 5.41) is 10.0. The minimum Gasteiger partial charge on any atom is -0.483 e. The molecule has 3 aromatic rings. The van der Waals surface area contributed by atoms with Crippen LogP contribution in [0.3, 0.4) is 0 Å². The molecule has 39 heavy (non-hydrogen) atoms. The van der Waals surface area contributed by atoms with E-state index in [9.17, 15) is 9.59 Å². The molecular formula is C30H36N4O4S. The number of hydrogen-bond donors (Lipinski definition) is 2. The first-order valence-corrected chi connectivity index (χ1v) is 14.4. The van der Waals surface area contributed by atoms with Crippen LogP contribution < -0.4 is 5.32 Å². The average molecular weight is 549 g/mol. The van der Waals surface area contributed by atoms with Gasteiger partial charge >= 0.3 is 0 Å². The van der Waals surface area contributed by atoms with Gasteiger partial charge in [-0.3, -0.25) is 14.4 Å². The van der Waals surface area contributed by atoms with Gasteiger partial charge in [0.1, 0.15) is 5.82 Å². The molecule has 2 amide bonds. The number of carbonyl (C=O) groups excluding carboxylic acids is 2. The molecule has 8 nitrogen and oxygen atoms in total. The second kappa shape index (κ2) is 14.0. The van der Waals surface area contributed by atoms with E-state index in [0.717, 1.165) is 55.1 Å². The predicted octanol–water partition coefficient (Wildman–Crippen LogP) is 4.49. The molecule has 3 atom stereocenters. The maximum Gasteiger partial charge on any atom is 0.290 e. The number of aromatic nitrogens is 2. The average Bonchev–Trinajstić information content (AvgIpc) is 3.58. The highest BCUT2D eigenvalue weighted by Gasteiger charge is 2.44. The Bertz CT molecular complexity index is 1250. The fourth-order valence-corrected chi connectivity index (χ4v) is 6.66. The maximum atomic E-state index is 13.6. The molecule has 5 rings (SSSR count). The lowest BCUT2D eigenvalue weighted by Gasteiger charge is -2.31. The van der Waals surface area contributed by atoms with Gasteiger partial charge in [0, 0.05) is 60.7 Å². The number of thioether (sulfide) groups is 1. The van der Waals surface area contributed by atoms with Gasteiger partial charge < -0.3 is 19.9 Å². The molecular weight excluding hydrogens is 512 g/mol. The Morgan fingerprint density at radius 1 is 1.10 bits per heavy atom. The van der Waals surface area contributed by atoms with Crippen molar-refractivity contribution in [1.29, 1.82) is 0 Å². The molecule has 1 aliphatic carbocycles. The van der Waals surface area contributed by atoms with Crippen LogP contribution in [0.15, 0.2) is 71.9 Å². The normalized spacial score (nSPS) is 19.9. The van der Waals surface area contributed by atoms with Gasteiger partial charge in [-0.2, -0.15) is 0 Å². The van der Waals surface area contributed by atoms with Crippen LogP contribution in [0.25, 0.3) is 0 Å². The van der Waals surface area contributed by atoms with Crippen LogP contribution in [0.2, 0.25) is 0 Å². The van der Waals surface area contributed by atoms with Crippen molar-refractivity contribution in [2.75, 3.05) is 19.6 Å². The van der Waals surface area contributed by atoms with Gasteiger partial charge in [0.2, 0.25) is 5.91 Å². The zero-order valence-electron chi connectivity index (χ0n) is 22.2. The molecule has 0 bridgehead atoms. The van der Waals surface area contributed by atoms with Crippen LogP contribution in [0.4, 0.5) is 0 Å². The van der Waals surface area contributed by atoms with E-state index in [1.165, 1.54) is 4.90 Å². The van der Waals surface area contributed by atoms with E-state index < -0.39 is 0 Å². The quantitative estimate of drug-likeness (QED) is 0.318. The smallest absolute Gasteiger partial charge is 0.290 e. The highest BCUT2D eigenvalue weighted by molar-refractivity contribution is 7.98. The van der Waals surface area contributed by atoms with E-state index >= 15 is 0 Å². The summed E-state index contributed by atoms with van der Waals surface area (Å²) in [6.45, 7) is 4.46. The van der Waals surface area contributed by atoms with Gasteiger partial charge in [0.15, 0.2) is 0 Å². The number of amides is 2. The van der Waals surface area contributed by atoms with E-state index in [1.807, 2.05) is 59.0 Å². The first kappa shape index (κ1) is 28.4. The van der Waals surface area contributed by atoms with Crippen molar-refractivity contribution in [3.05, 3.63) is 83.9 Å². The number of imidazole rings is 1. The van der Waals surface area contributed by atoms with Crippen molar-refractivity contribution < 1.29 is 19.5 Å². The van der Waals surface area contributed by atoms with Crippen molar-refractivity contribution in [1.82, 2.24) is 19.8 Å². The minimum atomic E-state index is -0.250. The zero-order valence-corrected chi connectivity index (χ0v) is 23.1. The minimum absolute atomic E-state index is 0.0192. The van der Waals surface area contributed by atoms with Gasteiger partial charge in [0.05, 0.1) is 0 Å². The SMILES string of the molecule is Cc1nccn1CCNC(=O)[C@H]1CCC[C@@H]2CN(C(=O)c3ccccc3CSc3ccccc3)C[C@H]21.O=CO. The maximum absolute atomic E-state index is 13.6. The molecule has 9 heteroatoms. The van der Waals surface area contributed by atoms with E-state index in [-0.39, 0.29) is 30.1 Å². The van der Waals surface area contributed by atoms with E-state index in [0.29, 0.717) is 19.0 Å². The Morgan fingerprint density at radius 2 is 1.85 bits per heavy atom. The van der Waals surface area contributed by atoms with Crippen molar-refractivity contribution in [2.45, 2.75) is 43.4 Å². The zero-order chi connectivity index (χ0) is 27.6. The van der Waals surface area contributed by atoms with Crippen LogP contribution in [-0.4, -0.2) is 57.5 Å². The summed E-state index contributed by atoms with van der Waals surface area (Å²) < 4.78 is 2.05. The standard InChI is InChI=1S/C29H34N4O2S.CH2O2/c1-21-30-14-16-32(21)17-15-31-28(34)26-13-7-9-22-18-33(19-27(22)26)29(35)25-12-6-5-8-23(25)20-36-24-10-3-2-4-11-24;2-1-3/h2-6,8,10-12,14,16,22,26-27H,7,9,13,15,17-20H2,1H3,(H,31,34);1H,(H,2,3)/t22-,26+,27-;/m1./s1. The fourth-order valence-electron chi connectivity index (χ4n) is 5.74. The molecule has 2 N–H and O–H groups in total. The summed E-state index contributed by atoms with van der Waals surface area (Å²) in [6, 6.07) is 18.3. The fraction of sp³-hybridized carbons (Fsp3) is 0.400. The summed E-state index contributed by atoms with van der Waals surface area (Å²) in [4.78, 5) is 42.6. The number of carboxylic acid groups (broad SMARTS) is 1. The third-order valence-electron chi connectivity index (χ3n) is 7.68. The molecule has 0 radical (unpaired) electrons. The highest BCUT2D eigenvalue weighted by Crippen LogP contribution is 2.41. The lowest BCUT2D eigenvalue weighted by molar-refractivity contribution is -0.128. The summed E-state index contributed by atoms with van der Waals surface area (Å²) in [5.41, 5.74) is 1.85. The summed E-state index contributed by atoms with van der Waals surface area (Å²) in [5.74, 6) is 2.57. The topological polar surface area (TPSA) is 105 Å². The largest absolute Gasteiger partial charge is 0.483 e. The molecule has 2 fully saturated rings. The van der Waals surface area contributed by atoms with E-state index in [2.05, 4.69) is 28.5 Å². The van der Waals surface area contributed by atoms with Gasteiger partial charge in [0.25, 0.3) is 12.4 Å². The lowest BCUT2D eigenvalue weighted by Crippen LogP contribution is -2.41. The van der Waals surface area contributed by atoms with Gasteiger partial charge in [-0.15, -0.1) is 11.8 Å². The Kier molecular flexibility index (Phi) is 10.2. The first-order chi connectivity index (χ1) is 19.0. The van der Waals surface area contributed by atoms with Crippen LogP contribution in [0.1, 0.15) is 41.0 Å². The lowest BCUT2D eigenvalue weighted by atomic mass is 9.73. The van der Waals surface area contributed by atoms with E-state index in [1.54, 1.807) is 18.0 Å². The number of nitrogens with zero attached hydrogens (tertiary/aromatic N) is 3. The second-order valence-electron chi connectivity index (χ2n) is 9.99. The molecule has 1 saturated heterocycles. The number of nitrogens with one attached hydrogen (secondary N) is 1. The molecule has 2 heterocycles. The molecule has 2 aromatic carbocycles. The number of hydrogen-bond acceptors (Lipinski definition) is 5. The summed E-state index contributed by atoms with van der Waals surface area (Å²) in [6.07, 6.45) is 6.77. The molecule has 1 saturated carbocycles. The van der Waals surface area contributed by atoms with E-state index in [4.69, 9.17) is 9.90 Å². The highest BCUT2D eigenvalue weighted by atomic mass is 32.2. The third-order valence-corrected chi connectivity index (χ3v) is 8.74. The van der Waals surface area contributed by atoms with Crippen LogP contribution in [0, 0.1) is 24.7 Å². The number of fused-ring (bicyclic) bond motifs is 1. The number of benzene rings is 2. The molecule has 2 aliphatic rings. The number of rotatable bonds is 8. The molecule has 206 valence electrons. The summed E-state index contributed by atoms with van der Waals surface area (Å²) in [7, 11) is 0. The second-order valence-corrected chi connectivity index (χ2v) is 11.0. The Balaban J connectivity index is 0.00000112. The van der Waals surface area contributed by atoms with Crippen LogP contribution in [-0.2, 0) is 21.9 Å². The number of aryl methyl sites for hydroxylation is 1. The summed E-state index contributed by atoms with van der Waals surface area (Å²) >= 11 is 1.75. The van der Waals surface area contributed by atoms with Crippen molar-refractivity contribution in [3.63, 3.8) is 0 Å². The Morgan fingerprint density at radius 3 is 2.59 bits per heavy atom. The van der Waals surface area contributed by atoms with Gasteiger partial charge in [-0.1, -0.05) is 42.8 Å². The van der Waals surface area contributed by atoms with Crippen molar-refractivity contribution in [3.8, 4) is 0 Å². The molecule has 0 spiro atoms. The molecule has 1 aliphatic heterocycles. The van der Waals surface area contributed by atoms with Gasteiger partial charge in [-0.25, -0.2) is 4.98 Å². The molecule has 1 aromatic heterocycles. The first-order valence-electron chi connectivity index (χ1n) is 13.4. The predicted molar refractivity (Wildman–Crippen MR) is 151 cm³/mol. The third kappa shape index (κ3) is 7.29. The van der Waals surface area contributed by atoms with Crippen LogP contribution in [0.5, 0.6) is 0 Å². The Hall–Kier alpha value is -3.59. The van der Waals surface area contributed by atoms with Crippen molar-refractivity contribution in [2.24, 2.45) is 17.8 Å². The van der Waals surface area contributed by atoms with Gasteiger partial charge in [-0.05, 0) is 55.4 Å². The van der Waals surface area contributed by atoms with Crippen LogP contribution >= 0.6 is 11.8 Å². The Labute approximate surface area is 233 Å². The monoisotopic (exact) mass is 548 g/mol. The van der Waals surface area contributed by atoms with Crippen molar-refractivity contribution >= 4 is 30.0 Å². The number of carbonyl (C=O) groups is 3. The molecule has 0 unspecified atom stereocenters. The number of likely N-dealkylation sites (tertiary alicyclic amines) is 1.